The number of nitrogens with two attached hydrogens (primary N) is 1. The van der Waals surface area contributed by atoms with Gasteiger partial charge in [-0.2, -0.15) is 0 Å². The normalized spacial score (nSPS) is 8.71. The van der Waals surface area contributed by atoms with E-state index >= 15 is 0 Å². The zero-order valence-corrected chi connectivity index (χ0v) is 8.64. The lowest BCUT2D eigenvalue weighted by molar-refractivity contribution is -0.136. The van der Waals surface area contributed by atoms with Crippen LogP contribution in [0.1, 0.15) is 12.5 Å². The molecule has 0 saturated heterocycles. The van der Waals surface area contributed by atoms with Crippen LogP contribution in [0.15, 0.2) is 24.3 Å². The monoisotopic (exact) mass is 208 g/mol. The van der Waals surface area contributed by atoms with Gasteiger partial charge in [-0.25, -0.2) is 5.41 Å². The van der Waals surface area contributed by atoms with Gasteiger partial charge in [0.15, 0.2) is 0 Å². The van der Waals surface area contributed by atoms with Crippen LogP contribution in [-0.4, -0.2) is 12.5 Å². The van der Waals surface area contributed by atoms with Crippen LogP contribution < -0.4 is 5.41 Å². The molecule has 0 unspecified atom stereocenters. The van der Waals surface area contributed by atoms with Crippen molar-refractivity contribution in [2.75, 3.05) is 6.61 Å². The molecule has 0 atom stereocenters. The molecule has 0 aliphatic heterocycles. The summed E-state index contributed by atoms with van der Waals surface area (Å²) in [5.41, 5.74) is 0.747. The topological polar surface area (TPSA) is 34.8 Å². The van der Waals surface area contributed by atoms with Gasteiger partial charge in [-0.3, -0.25) is 0 Å². The van der Waals surface area contributed by atoms with E-state index in [1.807, 2.05) is 25.1 Å². The Hall–Kier alpha value is -1.46. The Kier molecular flexibility index (Phi) is 4.03. The molecular formula is C11H11ClNO+. The van der Waals surface area contributed by atoms with E-state index in [1.165, 1.54) is 0 Å². The van der Waals surface area contributed by atoms with E-state index in [1.54, 1.807) is 6.07 Å². The van der Waals surface area contributed by atoms with Crippen molar-refractivity contribution >= 4 is 17.5 Å². The predicted octanol–water partition coefficient (Wildman–Crippen LogP) is 0.886. The first-order chi connectivity index (χ1) is 6.74. The number of halogens is 1. The van der Waals surface area contributed by atoms with Crippen LogP contribution in [0.25, 0.3) is 0 Å². The van der Waals surface area contributed by atoms with Gasteiger partial charge in [0.2, 0.25) is 0 Å². The van der Waals surface area contributed by atoms with Crippen molar-refractivity contribution in [1.82, 2.24) is 0 Å². The highest BCUT2D eigenvalue weighted by molar-refractivity contribution is 6.31. The fourth-order valence-electron chi connectivity index (χ4n) is 0.883. The van der Waals surface area contributed by atoms with Crippen molar-refractivity contribution in [3.63, 3.8) is 0 Å². The minimum atomic E-state index is 0.215. The molecule has 0 aliphatic carbocycles. The Morgan fingerprint density at radius 1 is 1.50 bits per heavy atom. The van der Waals surface area contributed by atoms with Crippen LogP contribution in [0.2, 0.25) is 5.02 Å². The third kappa shape index (κ3) is 3.12. The fourth-order valence-corrected chi connectivity index (χ4v) is 1.07. The highest BCUT2D eigenvalue weighted by Crippen LogP contribution is 2.12. The highest BCUT2D eigenvalue weighted by Gasteiger charge is 1.97. The van der Waals surface area contributed by atoms with Crippen LogP contribution >= 0.6 is 11.6 Å². The maximum absolute atomic E-state index is 5.89. The summed E-state index contributed by atoms with van der Waals surface area (Å²) >= 11 is 5.89. The Morgan fingerprint density at radius 3 is 2.86 bits per heavy atom. The Bertz CT molecular complexity index is 390. The molecule has 0 fully saturated rings. The smallest absolute Gasteiger partial charge is 0.414 e. The van der Waals surface area contributed by atoms with Crippen molar-refractivity contribution in [3.8, 4) is 11.8 Å². The van der Waals surface area contributed by atoms with Gasteiger partial charge in [0.25, 0.3) is 0 Å². The summed E-state index contributed by atoms with van der Waals surface area (Å²) in [5, 5.41) is 6.07. The second kappa shape index (κ2) is 5.31. The maximum Gasteiger partial charge on any atom is 0.414 e. The van der Waals surface area contributed by atoms with E-state index in [0.29, 0.717) is 11.6 Å². The fraction of sp³-hybridized carbons (Fsp3) is 0.182. The molecule has 0 radical (unpaired) electrons. The summed E-state index contributed by atoms with van der Waals surface area (Å²) in [4.78, 5) is 0. The molecule has 72 valence electrons. The lowest BCUT2D eigenvalue weighted by Crippen LogP contribution is -2.40. The van der Waals surface area contributed by atoms with Crippen LogP contribution in [0.4, 0.5) is 0 Å². The van der Waals surface area contributed by atoms with Gasteiger partial charge in [-0.15, -0.1) is 0 Å². The molecule has 2 N–H and O–H groups in total. The molecule has 0 spiro atoms. The summed E-state index contributed by atoms with van der Waals surface area (Å²) in [7, 11) is 0. The van der Waals surface area contributed by atoms with Gasteiger partial charge in [-0.05, 0) is 19.1 Å². The standard InChI is InChI=1S/C11H10ClNO/c1-2-14-11(13)8-7-9-5-3-4-6-10(9)12/h3-6,13H,2H2,1H3/p+1. The molecule has 0 aliphatic rings. The van der Waals surface area contributed by atoms with Crippen LogP contribution in [0.3, 0.4) is 0 Å². The quantitative estimate of drug-likeness (QED) is 0.415. The van der Waals surface area contributed by atoms with Crippen molar-refractivity contribution in [2.45, 2.75) is 6.92 Å². The largest absolute Gasteiger partial charge is 0.438 e. The first kappa shape index (κ1) is 10.6. The third-order valence-corrected chi connectivity index (χ3v) is 1.82. The van der Waals surface area contributed by atoms with Gasteiger partial charge >= 0.3 is 5.90 Å². The van der Waals surface area contributed by atoms with Crippen LogP contribution in [0, 0.1) is 11.8 Å². The van der Waals surface area contributed by atoms with Crippen molar-refractivity contribution in [3.05, 3.63) is 34.9 Å². The number of rotatable bonds is 1. The molecule has 0 aromatic heterocycles. The summed E-state index contributed by atoms with van der Waals surface area (Å²) in [6, 6.07) is 7.33. The number of ether oxygens (including phenoxy) is 1. The highest BCUT2D eigenvalue weighted by atomic mass is 35.5. The van der Waals surface area contributed by atoms with E-state index in [0.717, 1.165) is 5.56 Å². The second-order valence-electron chi connectivity index (χ2n) is 2.53. The number of benzene rings is 1. The molecule has 0 amide bonds. The first-order valence-corrected chi connectivity index (χ1v) is 4.63. The maximum atomic E-state index is 5.89. The molecule has 0 bridgehead atoms. The zero-order valence-electron chi connectivity index (χ0n) is 7.88. The summed E-state index contributed by atoms with van der Waals surface area (Å²) in [6.07, 6.45) is 0. The summed E-state index contributed by atoms with van der Waals surface area (Å²) < 4.78 is 4.98. The minimum Gasteiger partial charge on any atom is -0.438 e. The van der Waals surface area contributed by atoms with Crippen molar-refractivity contribution in [1.29, 1.82) is 0 Å². The molecule has 1 aromatic rings. The third-order valence-electron chi connectivity index (χ3n) is 1.49. The Labute approximate surface area is 88.4 Å². The number of hydrogen-bond acceptors (Lipinski definition) is 1. The van der Waals surface area contributed by atoms with Crippen LogP contribution in [0.5, 0.6) is 0 Å². The Balaban J connectivity index is 2.77. The van der Waals surface area contributed by atoms with Gasteiger partial charge < -0.3 is 4.74 Å². The molecule has 14 heavy (non-hydrogen) atoms. The van der Waals surface area contributed by atoms with E-state index < -0.39 is 0 Å². The molecule has 1 rings (SSSR count). The summed E-state index contributed by atoms with van der Waals surface area (Å²) in [5.74, 6) is 5.72. The predicted molar refractivity (Wildman–Crippen MR) is 56.9 cm³/mol. The Morgan fingerprint density at radius 2 is 2.21 bits per heavy atom. The number of hydrogen-bond donors (Lipinski definition) is 1. The average molecular weight is 209 g/mol. The molecule has 0 heterocycles. The lowest BCUT2D eigenvalue weighted by Gasteiger charge is -1.92. The van der Waals surface area contributed by atoms with E-state index in [-0.39, 0.29) is 5.90 Å². The summed E-state index contributed by atoms with van der Waals surface area (Å²) in [6.45, 7) is 2.37. The van der Waals surface area contributed by atoms with E-state index in [4.69, 9.17) is 21.7 Å². The van der Waals surface area contributed by atoms with Gasteiger partial charge in [0.05, 0.1) is 17.5 Å². The first-order valence-electron chi connectivity index (χ1n) is 4.25. The molecule has 1 aromatic carbocycles. The van der Waals surface area contributed by atoms with Crippen molar-refractivity contribution < 1.29 is 10.1 Å². The SMILES string of the molecule is CCOC(=[NH2+])C#Cc1ccccc1Cl. The molecular weight excluding hydrogens is 198 g/mol. The molecule has 3 heteroatoms. The average Bonchev–Trinajstić information content (AvgIpc) is 2.17. The molecule has 0 saturated carbocycles. The van der Waals surface area contributed by atoms with Gasteiger partial charge in [0.1, 0.15) is 0 Å². The van der Waals surface area contributed by atoms with Gasteiger partial charge in [0, 0.05) is 5.56 Å². The van der Waals surface area contributed by atoms with E-state index in [9.17, 15) is 0 Å². The van der Waals surface area contributed by atoms with Crippen LogP contribution in [-0.2, 0) is 4.74 Å². The lowest BCUT2D eigenvalue weighted by atomic mass is 10.2. The zero-order chi connectivity index (χ0) is 10.4. The van der Waals surface area contributed by atoms with Gasteiger partial charge in [-0.1, -0.05) is 29.7 Å². The minimum absolute atomic E-state index is 0.215. The second-order valence-corrected chi connectivity index (χ2v) is 2.93. The van der Waals surface area contributed by atoms with Crippen molar-refractivity contribution in [2.24, 2.45) is 0 Å². The van der Waals surface area contributed by atoms with E-state index in [2.05, 4.69) is 11.8 Å². The molecule has 2 nitrogen and oxygen atoms in total.